The lowest BCUT2D eigenvalue weighted by Gasteiger charge is -2.17. The third-order valence-electron chi connectivity index (χ3n) is 5.81. The molecule has 0 spiro atoms. The first kappa shape index (κ1) is 21.0. The van der Waals surface area contributed by atoms with Crippen molar-refractivity contribution in [2.24, 2.45) is 0 Å². The van der Waals surface area contributed by atoms with Crippen LogP contribution in [0.25, 0.3) is 11.2 Å². The number of hydrogen-bond acceptors (Lipinski definition) is 9. The van der Waals surface area contributed by atoms with Crippen molar-refractivity contribution in [3.05, 3.63) is 12.7 Å². The third-order valence-corrected chi connectivity index (χ3v) is 5.81. The Hall–Kier alpha value is -2.30. The maximum atomic E-state index is 11.8. The van der Waals surface area contributed by atoms with Crippen LogP contribution in [0.5, 0.6) is 0 Å². The Morgan fingerprint density at radius 1 is 1.27 bits per heavy atom. The predicted octanol–water partition coefficient (Wildman–Crippen LogP) is 1.53. The molecule has 10 heteroatoms. The van der Waals surface area contributed by atoms with Crippen LogP contribution in [0, 0.1) is 0 Å². The van der Waals surface area contributed by atoms with Crippen molar-refractivity contribution in [3.8, 4) is 0 Å². The monoisotopic (exact) mass is 419 g/mol. The number of aliphatic hydroxyl groups is 2. The highest BCUT2D eigenvalue weighted by atomic mass is 16.6. The van der Waals surface area contributed by atoms with Crippen molar-refractivity contribution in [1.82, 2.24) is 19.5 Å². The van der Waals surface area contributed by atoms with Crippen LogP contribution >= 0.6 is 0 Å². The Morgan fingerprint density at radius 2 is 2.07 bits per heavy atom. The van der Waals surface area contributed by atoms with E-state index in [1.165, 1.54) is 25.5 Å². The summed E-state index contributed by atoms with van der Waals surface area (Å²) in [5.74, 6) is 0.314. The van der Waals surface area contributed by atoms with Crippen LogP contribution in [0.1, 0.15) is 58.1 Å². The number of aromatic nitrogens is 4. The lowest BCUT2D eigenvalue weighted by molar-refractivity contribution is -0.150. The summed E-state index contributed by atoms with van der Waals surface area (Å²) in [5.41, 5.74) is 1.09. The average molecular weight is 419 g/mol. The van der Waals surface area contributed by atoms with Crippen molar-refractivity contribution >= 4 is 23.0 Å². The van der Waals surface area contributed by atoms with Crippen LogP contribution in [0.2, 0.25) is 0 Å². The van der Waals surface area contributed by atoms with Gasteiger partial charge in [0.05, 0.1) is 6.33 Å². The standard InChI is InChI=1S/C20H29N5O5/c1-2-3-8-14(26)29-9-13-16(27)17(28)20(30-13)25-11-23-15-18(21-10-22-19(15)25)24-12-6-4-5-7-12/h10-13,16-17,20,27-28H,2-9H2,1H3,(H,21,22,24)/t13?,16-,17-,20?/m1/s1. The Bertz CT molecular complexity index is 868. The van der Waals surface area contributed by atoms with E-state index in [0.717, 1.165) is 25.7 Å². The van der Waals surface area contributed by atoms with Gasteiger partial charge in [-0.3, -0.25) is 9.36 Å². The van der Waals surface area contributed by atoms with Gasteiger partial charge in [0.1, 0.15) is 31.2 Å². The number of esters is 1. The van der Waals surface area contributed by atoms with Gasteiger partial charge >= 0.3 is 5.97 Å². The second-order valence-corrected chi connectivity index (χ2v) is 8.00. The molecular formula is C20H29N5O5. The Morgan fingerprint density at radius 3 is 2.83 bits per heavy atom. The van der Waals surface area contributed by atoms with Crippen LogP contribution in [0.3, 0.4) is 0 Å². The molecule has 3 N–H and O–H groups in total. The summed E-state index contributed by atoms with van der Waals surface area (Å²) in [5, 5.41) is 24.4. The first-order chi connectivity index (χ1) is 14.6. The van der Waals surface area contributed by atoms with E-state index in [4.69, 9.17) is 9.47 Å². The van der Waals surface area contributed by atoms with Crippen molar-refractivity contribution in [3.63, 3.8) is 0 Å². The number of fused-ring (bicyclic) bond motifs is 1. The Kier molecular flexibility index (Phi) is 6.45. The number of aliphatic hydroxyl groups excluding tert-OH is 2. The Balaban J connectivity index is 1.47. The van der Waals surface area contributed by atoms with Gasteiger partial charge in [0.25, 0.3) is 0 Å². The zero-order valence-corrected chi connectivity index (χ0v) is 17.1. The van der Waals surface area contributed by atoms with Gasteiger partial charge in [-0.2, -0.15) is 0 Å². The fourth-order valence-corrected chi connectivity index (χ4v) is 4.07. The summed E-state index contributed by atoms with van der Waals surface area (Å²) in [6, 6.07) is 0.371. The summed E-state index contributed by atoms with van der Waals surface area (Å²) in [4.78, 5) is 24.8. The first-order valence-electron chi connectivity index (χ1n) is 10.7. The summed E-state index contributed by atoms with van der Waals surface area (Å²) in [7, 11) is 0. The van der Waals surface area contributed by atoms with Gasteiger partial charge in [0, 0.05) is 12.5 Å². The molecular weight excluding hydrogens is 390 g/mol. The molecule has 4 rings (SSSR count). The molecule has 0 radical (unpaired) electrons. The molecule has 164 valence electrons. The molecule has 2 unspecified atom stereocenters. The predicted molar refractivity (Wildman–Crippen MR) is 108 cm³/mol. The molecule has 3 heterocycles. The highest BCUT2D eigenvalue weighted by Gasteiger charge is 2.45. The van der Waals surface area contributed by atoms with Crippen LogP contribution < -0.4 is 5.32 Å². The fourth-order valence-electron chi connectivity index (χ4n) is 4.07. The summed E-state index contributed by atoms with van der Waals surface area (Å²) in [6.45, 7) is 1.87. The van der Waals surface area contributed by atoms with Gasteiger partial charge in [-0.05, 0) is 19.3 Å². The van der Waals surface area contributed by atoms with Crippen molar-refractivity contribution < 1.29 is 24.5 Å². The highest BCUT2D eigenvalue weighted by Crippen LogP contribution is 2.33. The van der Waals surface area contributed by atoms with Crippen molar-refractivity contribution in [2.75, 3.05) is 11.9 Å². The number of anilines is 1. The number of ether oxygens (including phenoxy) is 2. The van der Waals surface area contributed by atoms with Crippen LogP contribution in [0.15, 0.2) is 12.7 Å². The van der Waals surface area contributed by atoms with Gasteiger partial charge in [-0.15, -0.1) is 0 Å². The Labute approximate surface area is 174 Å². The molecule has 10 nitrogen and oxygen atoms in total. The molecule has 1 saturated heterocycles. The van der Waals surface area contributed by atoms with E-state index in [2.05, 4.69) is 20.3 Å². The maximum Gasteiger partial charge on any atom is 0.305 e. The number of carbonyl (C=O) groups excluding carboxylic acids is 1. The molecule has 4 atom stereocenters. The largest absolute Gasteiger partial charge is 0.463 e. The number of imidazole rings is 1. The van der Waals surface area contributed by atoms with Crippen LogP contribution in [-0.2, 0) is 14.3 Å². The average Bonchev–Trinajstić information content (AvgIpc) is 3.47. The van der Waals surface area contributed by atoms with E-state index in [-0.39, 0.29) is 12.6 Å². The fraction of sp³-hybridized carbons (Fsp3) is 0.700. The van der Waals surface area contributed by atoms with Gasteiger partial charge in [0.15, 0.2) is 23.2 Å². The number of hydrogen-bond donors (Lipinski definition) is 3. The molecule has 1 saturated carbocycles. The molecule has 0 aromatic carbocycles. The van der Waals surface area contributed by atoms with E-state index in [9.17, 15) is 15.0 Å². The molecule has 2 aromatic heterocycles. The smallest absolute Gasteiger partial charge is 0.305 e. The van der Waals surface area contributed by atoms with Gasteiger partial charge < -0.3 is 25.0 Å². The molecule has 30 heavy (non-hydrogen) atoms. The molecule has 0 bridgehead atoms. The lowest BCUT2D eigenvalue weighted by atomic mass is 10.1. The third kappa shape index (κ3) is 4.26. The van der Waals surface area contributed by atoms with Crippen LogP contribution in [0.4, 0.5) is 5.82 Å². The summed E-state index contributed by atoms with van der Waals surface area (Å²) >= 11 is 0. The van der Waals surface area contributed by atoms with E-state index in [1.807, 2.05) is 6.92 Å². The first-order valence-corrected chi connectivity index (χ1v) is 10.7. The minimum Gasteiger partial charge on any atom is -0.463 e. The lowest BCUT2D eigenvalue weighted by Crippen LogP contribution is -2.34. The number of nitrogens with one attached hydrogen (secondary N) is 1. The minimum atomic E-state index is -1.21. The number of rotatable bonds is 8. The van der Waals surface area contributed by atoms with Gasteiger partial charge in [-0.1, -0.05) is 26.2 Å². The molecule has 0 amide bonds. The molecule has 2 fully saturated rings. The van der Waals surface area contributed by atoms with E-state index in [0.29, 0.717) is 29.4 Å². The SMILES string of the molecule is CCCCC(=O)OCC1OC(n2cnc3c(NC4CCCC4)ncnc32)[C@H](O)[C@@H]1O. The van der Waals surface area contributed by atoms with E-state index < -0.39 is 24.5 Å². The molecule has 1 aliphatic carbocycles. The maximum absolute atomic E-state index is 11.8. The number of nitrogens with zero attached hydrogens (tertiary/aromatic N) is 4. The zero-order valence-electron chi connectivity index (χ0n) is 17.1. The number of carbonyl (C=O) groups is 1. The second kappa shape index (κ2) is 9.23. The summed E-state index contributed by atoms with van der Waals surface area (Å²) < 4.78 is 12.6. The van der Waals surface area contributed by atoms with E-state index in [1.54, 1.807) is 4.57 Å². The summed E-state index contributed by atoms with van der Waals surface area (Å²) in [6.07, 6.45) is 5.42. The topological polar surface area (TPSA) is 132 Å². The normalized spacial score (nSPS) is 27.0. The van der Waals surface area contributed by atoms with E-state index >= 15 is 0 Å². The second-order valence-electron chi connectivity index (χ2n) is 8.00. The highest BCUT2D eigenvalue weighted by molar-refractivity contribution is 5.82. The quantitative estimate of drug-likeness (QED) is 0.545. The number of unbranched alkanes of at least 4 members (excludes halogenated alkanes) is 1. The van der Waals surface area contributed by atoms with Gasteiger partial charge in [0.2, 0.25) is 0 Å². The molecule has 2 aromatic rings. The van der Waals surface area contributed by atoms with Crippen molar-refractivity contribution in [2.45, 2.75) is 82.5 Å². The van der Waals surface area contributed by atoms with Gasteiger partial charge in [-0.25, -0.2) is 15.0 Å². The van der Waals surface area contributed by atoms with Crippen molar-refractivity contribution in [1.29, 1.82) is 0 Å². The van der Waals surface area contributed by atoms with Crippen LogP contribution in [-0.4, -0.2) is 66.7 Å². The minimum absolute atomic E-state index is 0.118. The zero-order chi connectivity index (χ0) is 21.1. The molecule has 1 aliphatic heterocycles. The molecule has 2 aliphatic rings.